The van der Waals surface area contributed by atoms with Crippen LogP contribution in [0.4, 0.5) is 15.8 Å². The Bertz CT molecular complexity index is 1600. The SMILES string of the molecule is CCOC(=O)c1ccc(NC(=O)C(=O)NCc2ccc(/C=C3\C(=O)N(c4ccc(F)cc4)C(C)=C3C(=O)OC)o2)cc1. The van der Waals surface area contributed by atoms with Gasteiger partial charge in [0, 0.05) is 17.1 Å². The number of ether oxygens (including phenoxy) is 2. The van der Waals surface area contributed by atoms with E-state index in [0.717, 1.165) is 0 Å². The average molecular weight is 576 g/mol. The first kappa shape index (κ1) is 29.5. The molecule has 0 radical (unpaired) electrons. The molecule has 2 aromatic carbocycles. The van der Waals surface area contributed by atoms with E-state index in [0.29, 0.717) is 22.6 Å². The number of esters is 2. The minimum atomic E-state index is -0.937. The average Bonchev–Trinajstić information content (AvgIpc) is 3.53. The number of hydrogen-bond donors (Lipinski definition) is 2. The Morgan fingerprint density at radius 3 is 2.29 bits per heavy atom. The van der Waals surface area contributed by atoms with E-state index >= 15 is 0 Å². The summed E-state index contributed by atoms with van der Waals surface area (Å²) in [5.74, 6) is -3.67. The van der Waals surface area contributed by atoms with Gasteiger partial charge in [-0.3, -0.25) is 19.3 Å². The van der Waals surface area contributed by atoms with Crippen molar-refractivity contribution in [2.24, 2.45) is 0 Å². The summed E-state index contributed by atoms with van der Waals surface area (Å²) in [5, 5.41) is 4.85. The molecule has 3 amide bonds. The fourth-order valence-electron chi connectivity index (χ4n) is 4.13. The zero-order chi connectivity index (χ0) is 30.4. The van der Waals surface area contributed by atoms with Crippen molar-refractivity contribution in [2.45, 2.75) is 20.4 Å². The van der Waals surface area contributed by atoms with Gasteiger partial charge in [-0.15, -0.1) is 0 Å². The van der Waals surface area contributed by atoms with Gasteiger partial charge in [0.2, 0.25) is 0 Å². The molecule has 4 rings (SSSR count). The number of nitrogens with zero attached hydrogens (tertiary/aromatic N) is 1. The standard InChI is InChI=1S/C30H26FN3O8/c1-4-41-29(38)18-5-9-20(10-6-18)33-27(36)26(35)32-16-23-14-13-22(42-23)15-24-25(30(39)40-3)17(2)34(28(24)37)21-11-7-19(31)8-12-21/h5-15H,4,16H2,1-3H3,(H,32,35)(H,33,36)/b24-15-. The quantitative estimate of drug-likeness (QED) is 0.235. The highest BCUT2D eigenvalue weighted by molar-refractivity contribution is 6.39. The Labute approximate surface area is 239 Å². The van der Waals surface area contributed by atoms with Crippen molar-refractivity contribution in [1.82, 2.24) is 5.32 Å². The van der Waals surface area contributed by atoms with Crippen LogP contribution in [0.5, 0.6) is 0 Å². The molecule has 0 bridgehead atoms. The Kier molecular flexibility index (Phi) is 8.96. The Morgan fingerprint density at radius 2 is 1.64 bits per heavy atom. The van der Waals surface area contributed by atoms with E-state index < -0.39 is 35.5 Å². The lowest BCUT2D eigenvalue weighted by molar-refractivity contribution is -0.136. The first-order valence-corrected chi connectivity index (χ1v) is 12.7. The number of hydrogen-bond acceptors (Lipinski definition) is 8. The topological polar surface area (TPSA) is 144 Å². The highest BCUT2D eigenvalue weighted by Gasteiger charge is 2.38. The van der Waals surface area contributed by atoms with E-state index in [4.69, 9.17) is 13.9 Å². The molecule has 12 heteroatoms. The zero-order valence-corrected chi connectivity index (χ0v) is 22.9. The Balaban J connectivity index is 1.42. The van der Waals surface area contributed by atoms with Crippen LogP contribution in [0.1, 0.15) is 35.7 Å². The maximum absolute atomic E-state index is 13.4. The minimum Gasteiger partial charge on any atom is -0.465 e. The van der Waals surface area contributed by atoms with Crippen molar-refractivity contribution in [2.75, 3.05) is 23.9 Å². The van der Waals surface area contributed by atoms with Gasteiger partial charge in [-0.2, -0.15) is 0 Å². The lowest BCUT2D eigenvalue weighted by Gasteiger charge is -2.17. The van der Waals surface area contributed by atoms with Gasteiger partial charge in [-0.05, 0) is 80.6 Å². The zero-order valence-electron chi connectivity index (χ0n) is 22.9. The number of carbonyl (C=O) groups is 5. The molecule has 3 aromatic rings. The van der Waals surface area contributed by atoms with Crippen molar-refractivity contribution in [3.63, 3.8) is 0 Å². The van der Waals surface area contributed by atoms with E-state index in [-0.39, 0.29) is 35.8 Å². The summed E-state index contributed by atoms with van der Waals surface area (Å²) >= 11 is 0. The van der Waals surface area contributed by atoms with Crippen LogP contribution in [-0.4, -0.2) is 43.4 Å². The number of amides is 3. The number of nitrogens with one attached hydrogen (secondary N) is 2. The number of carbonyl (C=O) groups excluding carboxylic acids is 5. The van der Waals surface area contributed by atoms with Crippen molar-refractivity contribution in [3.05, 3.63) is 100 Å². The third kappa shape index (κ3) is 6.44. The normalized spacial score (nSPS) is 13.8. The van der Waals surface area contributed by atoms with E-state index in [1.54, 1.807) is 13.8 Å². The van der Waals surface area contributed by atoms with Gasteiger partial charge in [-0.25, -0.2) is 14.0 Å². The summed E-state index contributed by atoms with van der Waals surface area (Å²) in [6, 6.07) is 14.1. The van der Waals surface area contributed by atoms with Gasteiger partial charge < -0.3 is 24.5 Å². The largest absolute Gasteiger partial charge is 0.465 e. The number of methoxy groups -OCH3 is 1. The summed E-state index contributed by atoms with van der Waals surface area (Å²) < 4.78 is 28.9. The van der Waals surface area contributed by atoms with Gasteiger partial charge in [0.1, 0.15) is 17.3 Å². The van der Waals surface area contributed by atoms with Gasteiger partial charge >= 0.3 is 23.8 Å². The maximum Gasteiger partial charge on any atom is 0.340 e. The van der Waals surface area contributed by atoms with Crippen LogP contribution in [0.3, 0.4) is 0 Å². The van der Waals surface area contributed by atoms with Crippen molar-refractivity contribution in [3.8, 4) is 0 Å². The highest BCUT2D eigenvalue weighted by atomic mass is 19.1. The molecule has 42 heavy (non-hydrogen) atoms. The molecule has 1 aromatic heterocycles. The second-order valence-electron chi connectivity index (χ2n) is 8.87. The molecule has 0 aliphatic carbocycles. The Hall–Kier alpha value is -5.52. The second kappa shape index (κ2) is 12.8. The van der Waals surface area contributed by atoms with E-state index in [2.05, 4.69) is 10.6 Å². The van der Waals surface area contributed by atoms with Crippen LogP contribution < -0.4 is 15.5 Å². The summed E-state index contributed by atoms with van der Waals surface area (Å²) in [7, 11) is 1.19. The molecule has 2 N–H and O–H groups in total. The summed E-state index contributed by atoms with van der Waals surface area (Å²) in [5.41, 5.74) is 1.28. The molecule has 1 aliphatic rings. The van der Waals surface area contributed by atoms with E-state index in [1.807, 2.05) is 0 Å². The van der Waals surface area contributed by atoms with Crippen LogP contribution >= 0.6 is 0 Å². The summed E-state index contributed by atoms with van der Waals surface area (Å²) in [6.07, 6.45) is 1.36. The predicted octanol–water partition coefficient (Wildman–Crippen LogP) is 3.73. The molecule has 0 unspecified atom stereocenters. The molecule has 0 spiro atoms. The van der Waals surface area contributed by atoms with Crippen LogP contribution in [0.2, 0.25) is 0 Å². The number of furan rings is 1. The number of rotatable bonds is 8. The van der Waals surface area contributed by atoms with Crippen LogP contribution in [0.25, 0.3) is 6.08 Å². The van der Waals surface area contributed by atoms with Gasteiger partial charge in [0.25, 0.3) is 5.91 Å². The van der Waals surface area contributed by atoms with Crippen molar-refractivity contribution < 1.29 is 42.3 Å². The minimum absolute atomic E-state index is 0.00182. The Morgan fingerprint density at radius 1 is 0.952 bits per heavy atom. The van der Waals surface area contributed by atoms with Gasteiger partial charge in [-0.1, -0.05) is 0 Å². The summed E-state index contributed by atoms with van der Waals surface area (Å²) in [6.45, 7) is 3.33. The lowest BCUT2D eigenvalue weighted by Crippen LogP contribution is -2.34. The summed E-state index contributed by atoms with van der Waals surface area (Å²) in [4.78, 5) is 63.5. The van der Waals surface area contributed by atoms with Gasteiger partial charge in [0.05, 0.1) is 37.0 Å². The smallest absolute Gasteiger partial charge is 0.340 e. The molecule has 1 aliphatic heterocycles. The molecule has 0 fully saturated rings. The molecule has 0 saturated carbocycles. The van der Waals surface area contributed by atoms with Crippen LogP contribution in [-0.2, 0) is 35.2 Å². The third-order valence-corrected chi connectivity index (χ3v) is 6.13. The molecular weight excluding hydrogens is 549 g/mol. The first-order chi connectivity index (χ1) is 20.1. The molecular formula is C30H26FN3O8. The fourth-order valence-corrected chi connectivity index (χ4v) is 4.13. The molecule has 216 valence electrons. The fraction of sp³-hybridized carbons (Fsp3) is 0.167. The lowest BCUT2D eigenvalue weighted by atomic mass is 10.1. The maximum atomic E-state index is 13.4. The second-order valence-corrected chi connectivity index (χ2v) is 8.87. The monoisotopic (exact) mass is 575 g/mol. The molecule has 0 atom stereocenters. The van der Waals surface area contributed by atoms with E-state index in [9.17, 15) is 28.4 Å². The van der Waals surface area contributed by atoms with Crippen molar-refractivity contribution in [1.29, 1.82) is 0 Å². The molecule has 0 saturated heterocycles. The van der Waals surface area contributed by atoms with Gasteiger partial charge in [0.15, 0.2) is 0 Å². The van der Waals surface area contributed by atoms with Crippen molar-refractivity contribution >= 4 is 47.1 Å². The number of anilines is 2. The first-order valence-electron chi connectivity index (χ1n) is 12.7. The predicted molar refractivity (Wildman–Crippen MR) is 148 cm³/mol. The number of benzene rings is 2. The highest BCUT2D eigenvalue weighted by Crippen LogP contribution is 2.35. The van der Waals surface area contributed by atoms with Crippen LogP contribution in [0, 0.1) is 5.82 Å². The van der Waals surface area contributed by atoms with E-state index in [1.165, 1.54) is 78.7 Å². The third-order valence-electron chi connectivity index (χ3n) is 6.13. The molecule has 2 heterocycles. The molecule has 11 nitrogen and oxygen atoms in total. The number of allylic oxidation sites excluding steroid dienone is 1. The number of halogens is 1. The van der Waals surface area contributed by atoms with Crippen LogP contribution in [0.15, 0.2) is 81.9 Å².